The molecule has 0 aromatic heterocycles. The van der Waals surface area contributed by atoms with Crippen LogP contribution in [0.3, 0.4) is 0 Å². The number of carboxylic acids is 1. The van der Waals surface area contributed by atoms with Gasteiger partial charge in [-0.15, -0.1) is 0 Å². The van der Waals surface area contributed by atoms with Crippen molar-refractivity contribution in [1.82, 2.24) is 0 Å². The zero-order chi connectivity index (χ0) is 40.0. The van der Waals surface area contributed by atoms with Crippen LogP contribution in [-0.2, 0) is 28.6 Å². The van der Waals surface area contributed by atoms with Crippen LogP contribution in [0.2, 0.25) is 0 Å². The van der Waals surface area contributed by atoms with Gasteiger partial charge in [0.1, 0.15) is 12.6 Å². The highest BCUT2D eigenvalue weighted by Crippen LogP contribution is 2.14. The van der Waals surface area contributed by atoms with E-state index in [1.807, 2.05) is 6.08 Å². The molecular weight excluding hydrogens is 679 g/mol. The number of esters is 2. The van der Waals surface area contributed by atoms with Gasteiger partial charge >= 0.3 is 11.9 Å². The second-order valence-corrected chi connectivity index (χ2v) is 15.7. The third-order valence-electron chi connectivity index (χ3n) is 9.56. The Labute approximate surface area is 331 Å². The number of quaternary nitrogens is 1. The topological polar surface area (TPSA) is 102 Å². The summed E-state index contributed by atoms with van der Waals surface area (Å²) in [7, 11) is 5.39. The van der Waals surface area contributed by atoms with Crippen LogP contribution in [0.5, 0.6) is 0 Å². The van der Waals surface area contributed by atoms with E-state index in [1.165, 1.54) is 77.0 Å². The maximum absolute atomic E-state index is 12.7. The van der Waals surface area contributed by atoms with Gasteiger partial charge in [0.05, 0.1) is 40.3 Å². The molecule has 0 aliphatic heterocycles. The van der Waals surface area contributed by atoms with Crippen LogP contribution in [-0.4, -0.2) is 75.5 Å². The normalized spacial score (nSPS) is 13.4. The van der Waals surface area contributed by atoms with E-state index >= 15 is 0 Å². The van der Waals surface area contributed by atoms with E-state index in [1.54, 1.807) is 21.1 Å². The standard InChI is InChI=1S/C46H81NO7/c1-6-8-10-12-14-16-18-20-21-22-23-24-25-27-29-31-33-35-37-45(49)54-42(40-52-39-38-43(46(50)51)47(3,4)5)41-53-44(48)36-34-32-30-28-26-19-17-15-13-11-9-7-2/h14,16,18,20-24,42-43H,6-13,15,17,19,25-41H2,1-5H3/b16-14+,20-18+,22-21+,24-23+. The smallest absolute Gasteiger partial charge is 0.306 e. The molecule has 0 saturated carbocycles. The number of carboxylic acid groups (broad SMARTS) is 1. The van der Waals surface area contributed by atoms with E-state index in [0.717, 1.165) is 64.2 Å². The summed E-state index contributed by atoms with van der Waals surface area (Å²) in [6, 6.07) is -0.730. The fourth-order valence-electron chi connectivity index (χ4n) is 6.14. The molecule has 0 N–H and O–H groups in total. The molecular formula is C46H81NO7. The molecule has 8 nitrogen and oxygen atoms in total. The number of carbonyl (C=O) groups is 3. The predicted octanol–water partition coefficient (Wildman–Crippen LogP) is 10.3. The number of unbranched alkanes of at least 4 members (excludes halogenated alkanes) is 19. The summed E-state index contributed by atoms with van der Waals surface area (Å²) in [5.41, 5.74) is 0. The number of carbonyl (C=O) groups excluding carboxylic acids is 3. The van der Waals surface area contributed by atoms with Crippen molar-refractivity contribution in [3.63, 3.8) is 0 Å². The van der Waals surface area contributed by atoms with Crippen LogP contribution in [0.1, 0.15) is 174 Å². The lowest BCUT2D eigenvalue weighted by atomic mass is 10.0. The monoisotopic (exact) mass is 760 g/mol. The number of ether oxygens (including phenoxy) is 3. The van der Waals surface area contributed by atoms with E-state index < -0.39 is 18.1 Å². The molecule has 0 fully saturated rings. The Balaban J connectivity index is 4.41. The Bertz CT molecular complexity index is 1030. The Hall–Kier alpha value is -2.71. The lowest BCUT2D eigenvalue weighted by Gasteiger charge is -2.34. The van der Waals surface area contributed by atoms with Crippen molar-refractivity contribution >= 4 is 17.9 Å². The van der Waals surface area contributed by atoms with Gasteiger partial charge in [0.15, 0.2) is 6.10 Å². The maximum atomic E-state index is 12.7. The van der Waals surface area contributed by atoms with E-state index in [-0.39, 0.29) is 42.7 Å². The summed E-state index contributed by atoms with van der Waals surface area (Å²) in [6.45, 7) is 4.59. The zero-order valence-electron chi connectivity index (χ0n) is 35.4. The van der Waals surface area contributed by atoms with E-state index in [4.69, 9.17) is 14.2 Å². The lowest BCUT2D eigenvalue weighted by Crippen LogP contribution is -2.55. The highest BCUT2D eigenvalue weighted by molar-refractivity contribution is 5.70. The second kappa shape index (κ2) is 37.2. The molecule has 0 aliphatic rings. The summed E-state index contributed by atoms with van der Waals surface area (Å²) in [4.78, 5) is 36.8. The first-order valence-corrected chi connectivity index (χ1v) is 21.7. The van der Waals surface area contributed by atoms with Gasteiger partial charge < -0.3 is 28.6 Å². The lowest BCUT2D eigenvalue weighted by molar-refractivity contribution is -0.889. The predicted molar refractivity (Wildman–Crippen MR) is 222 cm³/mol. The molecule has 0 aromatic carbocycles. The van der Waals surface area contributed by atoms with Crippen molar-refractivity contribution < 1.29 is 38.2 Å². The summed E-state index contributed by atoms with van der Waals surface area (Å²) in [5, 5.41) is 11.6. The van der Waals surface area contributed by atoms with E-state index in [9.17, 15) is 19.5 Å². The van der Waals surface area contributed by atoms with Crippen molar-refractivity contribution in [2.75, 3.05) is 41.0 Å². The fraction of sp³-hybridized carbons (Fsp3) is 0.761. The number of likely N-dealkylation sites (N-methyl/N-ethyl adjacent to an activating group) is 1. The molecule has 0 rings (SSSR count). The molecule has 0 spiro atoms. The molecule has 54 heavy (non-hydrogen) atoms. The summed E-state index contributed by atoms with van der Waals surface area (Å²) >= 11 is 0. The van der Waals surface area contributed by atoms with Crippen LogP contribution >= 0.6 is 0 Å². The quantitative estimate of drug-likeness (QED) is 0.0267. The van der Waals surface area contributed by atoms with Crippen molar-refractivity contribution in [2.24, 2.45) is 0 Å². The van der Waals surface area contributed by atoms with Gasteiger partial charge in [0.25, 0.3) is 0 Å². The summed E-state index contributed by atoms with van der Waals surface area (Å²) in [6.07, 6.45) is 42.7. The van der Waals surface area contributed by atoms with Crippen LogP contribution in [0, 0.1) is 0 Å². The van der Waals surface area contributed by atoms with Crippen LogP contribution < -0.4 is 5.11 Å². The van der Waals surface area contributed by atoms with Gasteiger partial charge in [-0.05, 0) is 38.5 Å². The molecule has 2 unspecified atom stereocenters. The molecule has 0 bridgehead atoms. The molecule has 0 saturated heterocycles. The van der Waals surface area contributed by atoms with Gasteiger partial charge in [-0.2, -0.15) is 0 Å². The van der Waals surface area contributed by atoms with Gasteiger partial charge in [-0.1, -0.05) is 165 Å². The second-order valence-electron chi connectivity index (χ2n) is 15.7. The van der Waals surface area contributed by atoms with Crippen LogP contribution in [0.4, 0.5) is 0 Å². The number of allylic oxidation sites excluding steroid dienone is 8. The first-order chi connectivity index (χ1) is 26.1. The largest absolute Gasteiger partial charge is 0.544 e. The molecule has 0 radical (unpaired) electrons. The average Bonchev–Trinajstić information content (AvgIpc) is 3.12. The Kier molecular flexibility index (Phi) is 35.4. The maximum Gasteiger partial charge on any atom is 0.306 e. The number of hydrogen-bond acceptors (Lipinski definition) is 7. The highest BCUT2D eigenvalue weighted by Gasteiger charge is 2.25. The first-order valence-electron chi connectivity index (χ1n) is 21.7. The molecule has 2 atom stereocenters. The number of aliphatic carboxylic acids is 1. The summed E-state index contributed by atoms with van der Waals surface area (Å²) < 4.78 is 17.1. The van der Waals surface area contributed by atoms with Gasteiger partial charge in [-0.3, -0.25) is 9.59 Å². The molecule has 8 heteroatoms. The fourth-order valence-corrected chi connectivity index (χ4v) is 6.14. The SMILES string of the molecule is CCCCC/C=C/C=C/C=C/C=C/CCCCCCCC(=O)OC(COCCC(C(=O)[O-])[N+](C)(C)C)COC(=O)CCCCCCCCCCCCCC. The minimum absolute atomic E-state index is 0.0314. The van der Waals surface area contributed by atoms with Gasteiger partial charge in [-0.25, -0.2) is 0 Å². The Morgan fingerprint density at radius 2 is 0.981 bits per heavy atom. The summed E-state index contributed by atoms with van der Waals surface area (Å²) in [5.74, 6) is -1.77. The molecule has 312 valence electrons. The van der Waals surface area contributed by atoms with Crippen LogP contribution in [0.15, 0.2) is 48.6 Å². The van der Waals surface area contributed by atoms with Crippen molar-refractivity contribution in [1.29, 1.82) is 0 Å². The van der Waals surface area contributed by atoms with Crippen molar-refractivity contribution in [2.45, 2.75) is 187 Å². The Morgan fingerprint density at radius 1 is 0.556 bits per heavy atom. The molecule has 0 heterocycles. The average molecular weight is 760 g/mol. The van der Waals surface area contributed by atoms with E-state index in [2.05, 4.69) is 56.4 Å². The minimum Gasteiger partial charge on any atom is -0.544 e. The molecule has 0 amide bonds. The van der Waals surface area contributed by atoms with Crippen molar-refractivity contribution in [3.05, 3.63) is 48.6 Å². The van der Waals surface area contributed by atoms with Gasteiger partial charge in [0, 0.05) is 19.3 Å². The number of nitrogens with zero attached hydrogens (tertiary/aromatic N) is 1. The molecule has 0 aliphatic carbocycles. The highest BCUT2D eigenvalue weighted by atomic mass is 16.6. The number of rotatable bonds is 38. The van der Waals surface area contributed by atoms with Crippen LogP contribution in [0.25, 0.3) is 0 Å². The zero-order valence-corrected chi connectivity index (χ0v) is 35.4. The van der Waals surface area contributed by atoms with E-state index in [0.29, 0.717) is 12.8 Å². The number of hydrogen-bond donors (Lipinski definition) is 0. The van der Waals surface area contributed by atoms with Crippen molar-refractivity contribution in [3.8, 4) is 0 Å². The first kappa shape index (κ1) is 51.3. The Morgan fingerprint density at radius 3 is 1.48 bits per heavy atom. The molecule has 0 aromatic rings. The third kappa shape index (κ3) is 35.0. The van der Waals surface area contributed by atoms with Gasteiger partial charge in [0.2, 0.25) is 0 Å². The minimum atomic E-state index is -1.13. The third-order valence-corrected chi connectivity index (χ3v) is 9.56.